The van der Waals surface area contributed by atoms with Crippen LogP contribution in [-0.2, 0) is 22.8 Å². The normalized spacial score (nSPS) is 11.9. The highest BCUT2D eigenvalue weighted by molar-refractivity contribution is 7.91. The molecule has 138 valence electrons. The third-order valence-electron chi connectivity index (χ3n) is 4.15. The second-order valence-electron chi connectivity index (χ2n) is 6.16. The molecule has 3 aromatic heterocycles. The van der Waals surface area contributed by atoms with Crippen molar-refractivity contribution in [2.24, 2.45) is 0 Å². The first-order valence-corrected chi connectivity index (χ1v) is 10.2. The van der Waals surface area contributed by atoms with Gasteiger partial charge < -0.3 is 10.3 Å². The van der Waals surface area contributed by atoms with Crippen LogP contribution in [0.4, 0.5) is 5.82 Å². The average Bonchev–Trinajstić information content (AvgIpc) is 2.99. The van der Waals surface area contributed by atoms with E-state index in [1.54, 1.807) is 12.3 Å². The van der Waals surface area contributed by atoms with Crippen LogP contribution in [0.25, 0.3) is 11.0 Å². The van der Waals surface area contributed by atoms with Crippen molar-refractivity contribution in [3.8, 4) is 0 Å². The van der Waals surface area contributed by atoms with Crippen LogP contribution in [0.1, 0.15) is 31.2 Å². The summed E-state index contributed by atoms with van der Waals surface area (Å²) in [6.45, 7) is 4.56. The molecular formula is C17H22N6O2S. The molecular weight excluding hydrogens is 352 g/mol. The second kappa shape index (κ2) is 7.36. The van der Waals surface area contributed by atoms with E-state index in [1.165, 1.54) is 12.4 Å². The van der Waals surface area contributed by atoms with Gasteiger partial charge in [-0.1, -0.05) is 6.92 Å². The molecule has 26 heavy (non-hydrogen) atoms. The molecule has 3 aromatic rings. The van der Waals surface area contributed by atoms with Crippen LogP contribution < -0.4 is 5.73 Å². The fraction of sp³-hybridized carbons (Fsp3) is 0.412. The van der Waals surface area contributed by atoms with Gasteiger partial charge in [-0.3, -0.25) is 0 Å². The zero-order chi connectivity index (χ0) is 18.7. The van der Waals surface area contributed by atoms with Crippen molar-refractivity contribution in [3.63, 3.8) is 0 Å². The Morgan fingerprint density at radius 1 is 1.19 bits per heavy atom. The van der Waals surface area contributed by atoms with Gasteiger partial charge in [-0.2, -0.15) is 0 Å². The minimum Gasteiger partial charge on any atom is -0.382 e. The molecule has 0 fully saturated rings. The lowest BCUT2D eigenvalue weighted by atomic mass is 10.2. The Kier molecular flexibility index (Phi) is 5.17. The molecule has 0 unspecified atom stereocenters. The van der Waals surface area contributed by atoms with Crippen molar-refractivity contribution in [1.82, 2.24) is 24.5 Å². The minimum atomic E-state index is -3.50. The second-order valence-corrected chi connectivity index (χ2v) is 8.16. The Balaban J connectivity index is 1.87. The van der Waals surface area contributed by atoms with Gasteiger partial charge in [0.25, 0.3) is 0 Å². The number of imidazole rings is 1. The lowest BCUT2D eigenvalue weighted by Crippen LogP contribution is -2.14. The molecule has 0 amide bonds. The molecule has 8 nitrogen and oxygen atoms in total. The largest absolute Gasteiger partial charge is 0.382 e. The molecule has 2 N–H and O–H groups in total. The molecule has 9 heteroatoms. The Labute approximate surface area is 152 Å². The van der Waals surface area contributed by atoms with Gasteiger partial charge in [0.15, 0.2) is 5.82 Å². The van der Waals surface area contributed by atoms with Gasteiger partial charge >= 0.3 is 0 Å². The van der Waals surface area contributed by atoms with Crippen molar-refractivity contribution in [1.29, 1.82) is 0 Å². The molecule has 0 spiro atoms. The summed E-state index contributed by atoms with van der Waals surface area (Å²) in [4.78, 5) is 16.5. The third kappa shape index (κ3) is 3.52. The standard InChI is InChI=1S/C17H22N6O2S/c1-3-6-13-22-14-15(12(2)11-21-16(14)18)23(13)9-5-10-26(24,25)17-19-7-4-8-20-17/h4,7-8,11H,3,5-6,9-10H2,1-2H3,(H2,18,21). The highest BCUT2D eigenvalue weighted by Gasteiger charge is 2.19. The molecule has 0 aliphatic carbocycles. The van der Waals surface area contributed by atoms with E-state index in [9.17, 15) is 8.42 Å². The minimum absolute atomic E-state index is 0.0259. The average molecular weight is 374 g/mol. The topological polar surface area (TPSA) is 117 Å². The van der Waals surface area contributed by atoms with Crippen LogP contribution in [0.2, 0.25) is 0 Å². The zero-order valence-electron chi connectivity index (χ0n) is 14.9. The molecule has 0 aromatic carbocycles. The van der Waals surface area contributed by atoms with E-state index < -0.39 is 9.84 Å². The summed E-state index contributed by atoms with van der Waals surface area (Å²) in [5.41, 5.74) is 8.56. The maximum atomic E-state index is 12.4. The number of pyridine rings is 1. The van der Waals surface area contributed by atoms with Crippen molar-refractivity contribution < 1.29 is 8.42 Å². The van der Waals surface area contributed by atoms with E-state index in [2.05, 4.69) is 31.4 Å². The summed E-state index contributed by atoms with van der Waals surface area (Å²) in [6.07, 6.45) is 6.75. The predicted octanol–water partition coefficient (Wildman–Crippen LogP) is 1.93. The summed E-state index contributed by atoms with van der Waals surface area (Å²) in [7, 11) is -3.50. The highest BCUT2D eigenvalue weighted by Crippen LogP contribution is 2.24. The van der Waals surface area contributed by atoms with E-state index in [0.717, 1.165) is 29.7 Å². The number of sulfone groups is 1. The van der Waals surface area contributed by atoms with Crippen molar-refractivity contribution >= 4 is 26.7 Å². The molecule has 0 saturated carbocycles. The Morgan fingerprint density at radius 2 is 1.92 bits per heavy atom. The summed E-state index contributed by atoms with van der Waals surface area (Å²) < 4.78 is 26.8. The Hall–Kier alpha value is -2.55. The quantitative estimate of drug-likeness (QED) is 0.628. The van der Waals surface area contributed by atoms with Crippen LogP contribution >= 0.6 is 0 Å². The summed E-state index contributed by atoms with van der Waals surface area (Å²) in [5, 5.41) is -0.131. The van der Waals surface area contributed by atoms with Gasteiger partial charge in [0.2, 0.25) is 15.0 Å². The molecule has 3 heterocycles. The number of anilines is 1. The first-order chi connectivity index (χ1) is 12.4. The summed E-state index contributed by atoms with van der Waals surface area (Å²) in [5.74, 6) is 1.27. The number of aryl methyl sites for hydroxylation is 3. The molecule has 3 rings (SSSR count). The maximum Gasteiger partial charge on any atom is 0.246 e. The number of nitrogens with zero attached hydrogens (tertiary/aromatic N) is 5. The SMILES string of the molecule is CCCc1nc2c(N)ncc(C)c2n1CCCS(=O)(=O)c1ncccn1. The fourth-order valence-electron chi connectivity index (χ4n) is 2.97. The lowest BCUT2D eigenvalue weighted by molar-refractivity contribution is 0.575. The number of hydrogen-bond acceptors (Lipinski definition) is 7. The predicted molar refractivity (Wildman–Crippen MR) is 99.4 cm³/mol. The van der Waals surface area contributed by atoms with Crippen LogP contribution in [0.15, 0.2) is 29.8 Å². The maximum absolute atomic E-state index is 12.4. The van der Waals surface area contributed by atoms with E-state index in [4.69, 9.17) is 5.73 Å². The Morgan fingerprint density at radius 3 is 2.62 bits per heavy atom. The zero-order valence-corrected chi connectivity index (χ0v) is 15.7. The lowest BCUT2D eigenvalue weighted by Gasteiger charge is -2.10. The number of rotatable bonds is 7. The molecule has 0 atom stereocenters. The molecule has 0 radical (unpaired) electrons. The van der Waals surface area contributed by atoms with Gasteiger partial charge in [-0.25, -0.2) is 28.4 Å². The van der Waals surface area contributed by atoms with Crippen molar-refractivity contribution in [2.75, 3.05) is 11.5 Å². The van der Waals surface area contributed by atoms with Gasteiger partial charge in [-0.05, 0) is 31.4 Å². The smallest absolute Gasteiger partial charge is 0.246 e. The molecule has 0 aliphatic rings. The van der Waals surface area contributed by atoms with Gasteiger partial charge in [0.05, 0.1) is 11.3 Å². The van der Waals surface area contributed by atoms with E-state index in [1.807, 2.05) is 6.92 Å². The van der Waals surface area contributed by atoms with Gasteiger partial charge in [0.1, 0.15) is 11.3 Å². The third-order valence-corrected chi connectivity index (χ3v) is 5.74. The number of nitrogens with two attached hydrogens (primary N) is 1. The van der Waals surface area contributed by atoms with E-state index >= 15 is 0 Å². The summed E-state index contributed by atoms with van der Waals surface area (Å²) >= 11 is 0. The van der Waals surface area contributed by atoms with Crippen LogP contribution in [-0.4, -0.2) is 38.7 Å². The van der Waals surface area contributed by atoms with Crippen LogP contribution in [0.3, 0.4) is 0 Å². The van der Waals surface area contributed by atoms with Gasteiger partial charge in [0, 0.05) is 31.6 Å². The van der Waals surface area contributed by atoms with Crippen molar-refractivity contribution in [3.05, 3.63) is 36.0 Å². The number of aromatic nitrogens is 5. The van der Waals surface area contributed by atoms with Gasteiger partial charge in [-0.15, -0.1) is 0 Å². The van der Waals surface area contributed by atoms with Crippen LogP contribution in [0.5, 0.6) is 0 Å². The van der Waals surface area contributed by atoms with Crippen LogP contribution in [0, 0.1) is 6.92 Å². The highest BCUT2D eigenvalue weighted by atomic mass is 32.2. The van der Waals surface area contributed by atoms with Crippen molar-refractivity contribution in [2.45, 2.75) is 44.8 Å². The van der Waals surface area contributed by atoms with E-state index in [0.29, 0.717) is 24.3 Å². The number of nitrogen functional groups attached to an aromatic ring is 1. The first-order valence-electron chi connectivity index (χ1n) is 8.54. The fourth-order valence-corrected chi connectivity index (χ4v) is 4.11. The first kappa shape index (κ1) is 18.2. The van der Waals surface area contributed by atoms with E-state index in [-0.39, 0.29) is 10.9 Å². The molecule has 0 aliphatic heterocycles. The number of fused-ring (bicyclic) bond motifs is 1. The summed E-state index contributed by atoms with van der Waals surface area (Å²) in [6, 6.07) is 1.59. The monoisotopic (exact) mass is 374 g/mol. The number of hydrogen-bond donors (Lipinski definition) is 1. The molecule has 0 saturated heterocycles. The Bertz CT molecular complexity index is 1010. The molecule has 0 bridgehead atoms.